The topological polar surface area (TPSA) is 95.3 Å². The summed E-state index contributed by atoms with van der Waals surface area (Å²) >= 11 is 0. The van der Waals surface area contributed by atoms with Crippen molar-refractivity contribution >= 4 is 23.0 Å². The second-order valence-electron chi connectivity index (χ2n) is 6.72. The molecule has 1 aliphatic rings. The summed E-state index contributed by atoms with van der Waals surface area (Å²) in [6.07, 6.45) is 0.0668. The van der Waals surface area contributed by atoms with Crippen LogP contribution in [0.25, 0.3) is 11.1 Å². The number of fused-ring (bicyclic) bond motifs is 1. The molecule has 2 aromatic heterocycles. The van der Waals surface area contributed by atoms with Gasteiger partial charge >= 0.3 is 0 Å². The van der Waals surface area contributed by atoms with Crippen LogP contribution >= 0.6 is 0 Å². The van der Waals surface area contributed by atoms with Gasteiger partial charge in [0.1, 0.15) is 11.3 Å². The number of nitrogens with zero attached hydrogens (tertiary/aromatic N) is 4. The minimum Gasteiger partial charge on any atom is -0.423 e. The van der Waals surface area contributed by atoms with Crippen LogP contribution in [-0.2, 0) is 11.2 Å². The van der Waals surface area contributed by atoms with E-state index in [9.17, 15) is 9.59 Å². The van der Waals surface area contributed by atoms with Crippen LogP contribution in [0, 0.1) is 13.8 Å². The lowest BCUT2D eigenvalue weighted by molar-refractivity contribution is -0.130. The molecule has 140 valence electrons. The first kappa shape index (κ1) is 17.3. The number of aromatic amines is 1. The first-order valence-corrected chi connectivity index (χ1v) is 8.96. The Morgan fingerprint density at radius 3 is 2.59 bits per heavy atom. The third kappa shape index (κ3) is 3.42. The van der Waals surface area contributed by atoms with Gasteiger partial charge in [0.05, 0.1) is 6.42 Å². The van der Waals surface area contributed by atoms with Gasteiger partial charge in [0.2, 0.25) is 5.91 Å². The van der Waals surface area contributed by atoms with Crippen LogP contribution in [0.1, 0.15) is 17.1 Å². The van der Waals surface area contributed by atoms with Gasteiger partial charge in [-0.25, -0.2) is 4.98 Å². The molecule has 1 amide bonds. The number of hydrogen-bond acceptors (Lipinski definition) is 6. The van der Waals surface area contributed by atoms with Gasteiger partial charge in [-0.1, -0.05) is 12.1 Å². The maximum Gasteiger partial charge on any atom is 0.298 e. The van der Waals surface area contributed by atoms with Crippen LogP contribution in [0.3, 0.4) is 0 Å². The van der Waals surface area contributed by atoms with Gasteiger partial charge in [0.15, 0.2) is 5.58 Å². The molecule has 0 radical (unpaired) electrons. The van der Waals surface area contributed by atoms with Gasteiger partial charge in [0.25, 0.3) is 11.6 Å². The van der Waals surface area contributed by atoms with Crippen molar-refractivity contribution in [3.8, 4) is 0 Å². The van der Waals surface area contributed by atoms with Gasteiger partial charge in [-0.15, -0.1) is 0 Å². The van der Waals surface area contributed by atoms with E-state index in [0.717, 1.165) is 11.1 Å². The lowest BCUT2D eigenvalue weighted by Crippen LogP contribution is -2.49. The van der Waals surface area contributed by atoms with E-state index in [2.05, 4.69) is 15.0 Å². The molecule has 0 saturated carbocycles. The van der Waals surface area contributed by atoms with Crippen molar-refractivity contribution in [3.05, 3.63) is 51.7 Å². The third-order valence-corrected chi connectivity index (χ3v) is 4.85. The van der Waals surface area contributed by atoms with E-state index in [1.807, 2.05) is 29.2 Å². The van der Waals surface area contributed by atoms with Crippen LogP contribution < -0.4 is 10.5 Å². The predicted molar refractivity (Wildman–Crippen MR) is 101 cm³/mol. The third-order valence-electron chi connectivity index (χ3n) is 4.85. The van der Waals surface area contributed by atoms with E-state index < -0.39 is 0 Å². The summed E-state index contributed by atoms with van der Waals surface area (Å²) in [5.74, 6) is 0.493. The number of benzene rings is 1. The number of carbonyl (C=O) groups is 1. The van der Waals surface area contributed by atoms with Gasteiger partial charge < -0.3 is 19.2 Å². The Morgan fingerprint density at radius 2 is 1.89 bits per heavy atom. The van der Waals surface area contributed by atoms with Crippen LogP contribution in [0.15, 0.2) is 33.5 Å². The molecule has 1 N–H and O–H groups in total. The molecule has 8 heteroatoms. The number of amides is 1. The highest BCUT2D eigenvalue weighted by molar-refractivity contribution is 5.79. The van der Waals surface area contributed by atoms with Crippen LogP contribution in [0.4, 0.5) is 6.01 Å². The summed E-state index contributed by atoms with van der Waals surface area (Å²) in [6, 6.07) is 8.23. The molecule has 0 spiro atoms. The molecule has 3 heterocycles. The van der Waals surface area contributed by atoms with Gasteiger partial charge in [0, 0.05) is 37.4 Å². The normalized spacial score (nSPS) is 14.7. The molecule has 0 unspecified atom stereocenters. The zero-order valence-electron chi connectivity index (χ0n) is 15.4. The molecule has 8 nitrogen and oxygen atoms in total. The van der Waals surface area contributed by atoms with Gasteiger partial charge in [-0.2, -0.15) is 4.98 Å². The Morgan fingerprint density at radius 1 is 1.15 bits per heavy atom. The van der Waals surface area contributed by atoms with Crippen molar-refractivity contribution in [2.75, 3.05) is 31.1 Å². The van der Waals surface area contributed by atoms with E-state index in [-0.39, 0.29) is 17.9 Å². The zero-order valence-corrected chi connectivity index (χ0v) is 15.4. The number of rotatable bonds is 3. The van der Waals surface area contributed by atoms with E-state index in [1.54, 1.807) is 18.7 Å². The van der Waals surface area contributed by atoms with E-state index in [0.29, 0.717) is 49.3 Å². The number of nitrogens with one attached hydrogen (secondary N) is 1. The second kappa shape index (κ2) is 6.86. The smallest absolute Gasteiger partial charge is 0.298 e. The van der Waals surface area contributed by atoms with Crippen molar-refractivity contribution < 1.29 is 9.21 Å². The highest BCUT2D eigenvalue weighted by Gasteiger charge is 2.25. The molecular formula is C19H21N5O3. The first-order valence-electron chi connectivity index (χ1n) is 8.96. The average molecular weight is 367 g/mol. The summed E-state index contributed by atoms with van der Waals surface area (Å²) in [7, 11) is 0. The summed E-state index contributed by atoms with van der Waals surface area (Å²) < 4.78 is 5.80. The fraction of sp³-hybridized carbons (Fsp3) is 0.368. The molecule has 1 saturated heterocycles. The van der Waals surface area contributed by atoms with Gasteiger partial charge in [-0.05, 0) is 26.0 Å². The number of piperazine rings is 1. The highest BCUT2D eigenvalue weighted by Crippen LogP contribution is 2.22. The molecule has 0 atom stereocenters. The first-order chi connectivity index (χ1) is 13.0. The van der Waals surface area contributed by atoms with Crippen LogP contribution in [0.2, 0.25) is 0 Å². The van der Waals surface area contributed by atoms with E-state index in [4.69, 9.17) is 4.42 Å². The Balaban J connectivity index is 1.41. The monoisotopic (exact) mass is 367 g/mol. The maximum absolute atomic E-state index is 12.6. The number of aromatic nitrogens is 3. The Labute approximate surface area is 155 Å². The maximum atomic E-state index is 12.6. The summed E-state index contributed by atoms with van der Waals surface area (Å²) in [4.78, 5) is 40.0. The molecular weight excluding hydrogens is 346 g/mol. The van der Waals surface area contributed by atoms with Crippen LogP contribution in [0.5, 0.6) is 0 Å². The molecule has 1 fully saturated rings. The Hall–Kier alpha value is -3.16. The standard InChI is InChI=1S/C19H21N5O3/c1-12-14(18(26)21-13(2)20-12)11-17(25)23-7-9-24(10-8-23)19-22-15-5-3-4-6-16(15)27-19/h3-6H,7-11H2,1-2H3,(H,20,21,26). The van der Waals surface area contributed by atoms with Gasteiger partial charge in [-0.3, -0.25) is 9.59 Å². The van der Waals surface area contributed by atoms with Crippen LogP contribution in [-0.4, -0.2) is 51.9 Å². The van der Waals surface area contributed by atoms with Crippen molar-refractivity contribution in [2.24, 2.45) is 0 Å². The number of anilines is 1. The quantitative estimate of drug-likeness (QED) is 0.752. The Bertz CT molecular complexity index is 1010. The number of carbonyl (C=O) groups excluding carboxylic acids is 1. The molecule has 4 rings (SSSR count). The van der Waals surface area contributed by atoms with E-state index >= 15 is 0 Å². The fourth-order valence-corrected chi connectivity index (χ4v) is 3.36. The summed E-state index contributed by atoms with van der Waals surface area (Å²) in [5.41, 5.74) is 2.39. The van der Waals surface area contributed by atoms with Crippen molar-refractivity contribution in [3.63, 3.8) is 0 Å². The SMILES string of the molecule is Cc1nc(C)c(CC(=O)N2CCN(c3nc4ccccc4o3)CC2)c(=O)[nH]1. The molecule has 0 aliphatic carbocycles. The highest BCUT2D eigenvalue weighted by atomic mass is 16.4. The Kier molecular flexibility index (Phi) is 4.39. The molecule has 27 heavy (non-hydrogen) atoms. The number of hydrogen-bond donors (Lipinski definition) is 1. The molecule has 1 aliphatic heterocycles. The minimum atomic E-state index is -0.238. The molecule has 1 aromatic carbocycles. The average Bonchev–Trinajstić information content (AvgIpc) is 3.09. The number of H-pyrrole nitrogens is 1. The molecule has 0 bridgehead atoms. The number of oxazole rings is 1. The zero-order chi connectivity index (χ0) is 19.0. The second-order valence-corrected chi connectivity index (χ2v) is 6.72. The minimum absolute atomic E-state index is 0.0635. The van der Waals surface area contributed by atoms with E-state index in [1.165, 1.54) is 0 Å². The predicted octanol–water partition coefficient (Wildman–Crippen LogP) is 1.42. The lowest BCUT2D eigenvalue weighted by Gasteiger charge is -2.33. The molecule has 3 aromatic rings. The largest absolute Gasteiger partial charge is 0.423 e. The number of para-hydroxylation sites is 2. The number of aryl methyl sites for hydroxylation is 2. The summed E-state index contributed by atoms with van der Waals surface area (Å²) in [6.45, 7) is 5.89. The van der Waals surface area contributed by atoms with Crippen molar-refractivity contribution in [1.29, 1.82) is 0 Å². The fourth-order valence-electron chi connectivity index (χ4n) is 3.36. The van der Waals surface area contributed by atoms with Crippen molar-refractivity contribution in [2.45, 2.75) is 20.3 Å². The van der Waals surface area contributed by atoms with Crippen molar-refractivity contribution in [1.82, 2.24) is 19.9 Å². The lowest BCUT2D eigenvalue weighted by atomic mass is 10.1. The summed E-state index contributed by atoms with van der Waals surface area (Å²) in [5, 5.41) is 0.